The van der Waals surface area contributed by atoms with Crippen LogP contribution in [-0.4, -0.2) is 14.3 Å². The number of hydrogen-bond donors (Lipinski definition) is 1. The summed E-state index contributed by atoms with van der Waals surface area (Å²) < 4.78 is 25.4. The minimum atomic E-state index is -3.62. The van der Waals surface area contributed by atoms with Crippen molar-refractivity contribution in [3.8, 4) is 0 Å². The van der Waals surface area contributed by atoms with E-state index in [9.17, 15) is 13.2 Å². The lowest BCUT2D eigenvalue weighted by molar-refractivity contribution is -0.122. The lowest BCUT2D eigenvalue weighted by Crippen LogP contribution is -2.34. The van der Waals surface area contributed by atoms with E-state index in [-0.39, 0.29) is 10.8 Å². The molecule has 0 radical (unpaired) electrons. The fraction of sp³-hybridized carbons (Fsp3) is 0.700. The highest BCUT2D eigenvalue weighted by Crippen LogP contribution is 2.10. The van der Waals surface area contributed by atoms with Crippen LogP contribution < -0.4 is 4.72 Å². The van der Waals surface area contributed by atoms with Crippen molar-refractivity contribution in [2.24, 2.45) is 5.92 Å². The van der Waals surface area contributed by atoms with Crippen molar-refractivity contribution in [1.29, 1.82) is 0 Å². The van der Waals surface area contributed by atoms with Gasteiger partial charge in [-0.15, -0.1) is 0 Å². The van der Waals surface area contributed by atoms with Crippen LogP contribution >= 0.6 is 0 Å². The summed E-state index contributed by atoms with van der Waals surface area (Å²) in [4.78, 5) is 11.5. The van der Waals surface area contributed by atoms with Gasteiger partial charge >= 0.3 is 0 Å². The molecule has 5 heteroatoms. The van der Waals surface area contributed by atoms with Crippen LogP contribution in [0.25, 0.3) is 0 Å². The first kappa shape index (κ1) is 14.2. The summed E-state index contributed by atoms with van der Waals surface area (Å²) in [5, 5.41) is 0. The summed E-state index contributed by atoms with van der Waals surface area (Å²) in [6.07, 6.45) is 2.66. The first-order valence-corrected chi connectivity index (χ1v) is 6.59. The Morgan fingerprint density at radius 2 is 1.87 bits per heavy atom. The van der Waals surface area contributed by atoms with Crippen LogP contribution in [0.3, 0.4) is 0 Å². The van der Waals surface area contributed by atoms with Crippen molar-refractivity contribution in [1.82, 2.24) is 4.72 Å². The number of amides is 1. The van der Waals surface area contributed by atoms with Gasteiger partial charge in [0.05, 0.1) is 4.91 Å². The first-order valence-electron chi connectivity index (χ1n) is 5.10. The monoisotopic (exact) mass is 233 g/mol. The molecule has 0 unspecified atom stereocenters. The molecule has 0 saturated carbocycles. The molecular weight excluding hydrogens is 214 g/mol. The van der Waals surface area contributed by atoms with Crippen LogP contribution in [0.2, 0.25) is 0 Å². The molecule has 0 aliphatic heterocycles. The number of carbonyl (C=O) groups excluding carboxylic acids is 1. The molecule has 0 bridgehead atoms. The lowest BCUT2D eigenvalue weighted by atomic mass is 10.2. The minimum Gasteiger partial charge on any atom is -0.274 e. The van der Waals surface area contributed by atoms with E-state index in [4.69, 9.17) is 0 Å². The molecule has 0 fully saturated rings. The van der Waals surface area contributed by atoms with Gasteiger partial charge in [-0.2, -0.15) is 0 Å². The highest BCUT2D eigenvalue weighted by Gasteiger charge is 2.20. The number of nitrogens with one attached hydrogen (secondary N) is 1. The third-order valence-corrected chi connectivity index (χ3v) is 3.50. The van der Waals surface area contributed by atoms with Crippen LogP contribution in [-0.2, 0) is 14.8 Å². The predicted octanol–water partition coefficient (Wildman–Crippen LogP) is 1.79. The Kier molecular flexibility index (Phi) is 5.57. The van der Waals surface area contributed by atoms with Gasteiger partial charge in [-0.1, -0.05) is 33.8 Å². The molecule has 0 aromatic carbocycles. The second-order valence-corrected chi connectivity index (χ2v) is 5.29. The number of rotatable bonds is 5. The van der Waals surface area contributed by atoms with Gasteiger partial charge in [-0.05, 0) is 12.8 Å². The number of sulfonamides is 1. The van der Waals surface area contributed by atoms with Gasteiger partial charge < -0.3 is 0 Å². The third kappa shape index (κ3) is 4.46. The van der Waals surface area contributed by atoms with Crippen LogP contribution in [0.5, 0.6) is 0 Å². The molecule has 1 N–H and O–H groups in total. The van der Waals surface area contributed by atoms with Crippen LogP contribution in [0.4, 0.5) is 0 Å². The predicted molar refractivity (Wildman–Crippen MR) is 60.6 cm³/mol. The molecule has 0 heterocycles. The largest absolute Gasteiger partial charge is 0.274 e. The highest BCUT2D eigenvalue weighted by atomic mass is 32.2. The van der Waals surface area contributed by atoms with E-state index < -0.39 is 15.9 Å². The minimum absolute atomic E-state index is 0.277. The van der Waals surface area contributed by atoms with Crippen LogP contribution in [0.1, 0.15) is 40.5 Å². The van der Waals surface area contributed by atoms with E-state index in [0.29, 0.717) is 12.8 Å². The van der Waals surface area contributed by atoms with Gasteiger partial charge in [0, 0.05) is 5.92 Å². The Morgan fingerprint density at radius 3 is 2.20 bits per heavy atom. The van der Waals surface area contributed by atoms with Crippen molar-refractivity contribution in [3.05, 3.63) is 11.0 Å². The van der Waals surface area contributed by atoms with Crippen molar-refractivity contribution in [3.63, 3.8) is 0 Å². The molecule has 0 atom stereocenters. The van der Waals surface area contributed by atoms with E-state index in [1.807, 2.05) is 6.92 Å². The number of hydrogen-bond acceptors (Lipinski definition) is 3. The van der Waals surface area contributed by atoms with Crippen LogP contribution in [0, 0.1) is 5.92 Å². The van der Waals surface area contributed by atoms with Crippen LogP contribution in [0.15, 0.2) is 11.0 Å². The van der Waals surface area contributed by atoms with Gasteiger partial charge in [-0.25, -0.2) is 13.1 Å². The SMILES string of the molecule is CC/C=C(\CC)S(=O)(=O)NC(=O)C(C)C. The second-order valence-electron chi connectivity index (χ2n) is 3.56. The standard InChI is InChI=1S/C10H19NO3S/c1-5-7-9(6-2)15(13,14)11-10(12)8(3)4/h7-8H,5-6H2,1-4H3,(H,11,12)/b9-7+. The van der Waals surface area contributed by atoms with Gasteiger partial charge in [0.1, 0.15) is 0 Å². The fourth-order valence-electron chi connectivity index (χ4n) is 0.988. The first-order chi connectivity index (χ1) is 6.85. The van der Waals surface area contributed by atoms with Gasteiger partial charge in [0.25, 0.3) is 10.0 Å². The Morgan fingerprint density at radius 1 is 1.33 bits per heavy atom. The van der Waals surface area contributed by atoms with E-state index >= 15 is 0 Å². The zero-order chi connectivity index (χ0) is 12.1. The second kappa shape index (κ2) is 5.90. The molecule has 0 aliphatic rings. The summed E-state index contributed by atoms with van der Waals surface area (Å²) in [7, 11) is -3.62. The summed E-state index contributed by atoms with van der Waals surface area (Å²) in [5.74, 6) is -0.801. The Labute approximate surface area is 91.8 Å². The molecule has 0 aromatic rings. The zero-order valence-electron chi connectivity index (χ0n) is 9.70. The van der Waals surface area contributed by atoms with Gasteiger partial charge in [-0.3, -0.25) is 4.79 Å². The zero-order valence-corrected chi connectivity index (χ0v) is 10.5. The summed E-state index contributed by atoms with van der Waals surface area (Å²) in [6.45, 7) is 6.91. The fourth-order valence-corrected chi connectivity index (χ4v) is 2.39. The van der Waals surface area contributed by atoms with Crippen molar-refractivity contribution >= 4 is 15.9 Å². The highest BCUT2D eigenvalue weighted by molar-refractivity contribution is 7.93. The summed E-state index contributed by atoms with van der Waals surface area (Å²) in [5.41, 5.74) is 0. The third-order valence-electron chi connectivity index (χ3n) is 1.88. The molecule has 88 valence electrons. The topological polar surface area (TPSA) is 63.2 Å². The lowest BCUT2D eigenvalue weighted by Gasteiger charge is -2.10. The maximum atomic E-state index is 11.7. The molecule has 0 saturated heterocycles. The summed E-state index contributed by atoms with van der Waals surface area (Å²) in [6, 6.07) is 0. The molecule has 0 aromatic heterocycles. The van der Waals surface area contributed by atoms with E-state index in [2.05, 4.69) is 4.72 Å². The Hall–Kier alpha value is -0.840. The smallest absolute Gasteiger partial charge is 0.259 e. The Balaban J connectivity index is 4.83. The number of carbonyl (C=O) groups is 1. The molecule has 0 spiro atoms. The quantitative estimate of drug-likeness (QED) is 0.787. The molecule has 0 rings (SSSR count). The van der Waals surface area contributed by atoms with Gasteiger partial charge in [0.2, 0.25) is 5.91 Å². The van der Waals surface area contributed by atoms with Crippen molar-refractivity contribution < 1.29 is 13.2 Å². The van der Waals surface area contributed by atoms with E-state index in [1.54, 1.807) is 26.8 Å². The van der Waals surface area contributed by atoms with E-state index in [1.165, 1.54) is 0 Å². The van der Waals surface area contributed by atoms with Crippen molar-refractivity contribution in [2.75, 3.05) is 0 Å². The molecule has 15 heavy (non-hydrogen) atoms. The maximum Gasteiger partial charge on any atom is 0.259 e. The Bertz CT molecular complexity index is 342. The normalized spacial score (nSPS) is 13.0. The number of allylic oxidation sites excluding steroid dienone is 2. The maximum absolute atomic E-state index is 11.7. The summed E-state index contributed by atoms with van der Waals surface area (Å²) >= 11 is 0. The molecular formula is C10H19NO3S. The van der Waals surface area contributed by atoms with E-state index in [0.717, 1.165) is 0 Å². The van der Waals surface area contributed by atoms with Crippen molar-refractivity contribution in [2.45, 2.75) is 40.5 Å². The molecule has 1 amide bonds. The average Bonchev–Trinajstić information content (AvgIpc) is 2.12. The van der Waals surface area contributed by atoms with Gasteiger partial charge in [0.15, 0.2) is 0 Å². The molecule has 0 aliphatic carbocycles. The molecule has 4 nitrogen and oxygen atoms in total. The average molecular weight is 233 g/mol.